The first kappa shape index (κ1) is 16.7. The van der Waals surface area contributed by atoms with E-state index in [0.29, 0.717) is 0 Å². The van der Waals surface area contributed by atoms with Crippen LogP contribution in [0.5, 0.6) is 0 Å². The number of alkyl halides is 2. The molecule has 0 fully saturated rings. The molecular formula is C9H16F2N2O2S2. The summed E-state index contributed by atoms with van der Waals surface area (Å²) in [4.78, 5) is 22.8. The molecule has 0 radical (unpaired) electrons. The summed E-state index contributed by atoms with van der Waals surface area (Å²) in [6.45, 7) is 0. The molecule has 0 saturated carbocycles. The topological polar surface area (TPSA) is 58.2 Å². The maximum absolute atomic E-state index is 14.0. The predicted octanol–water partition coefficient (Wildman–Crippen LogP) is 0.145. The van der Waals surface area contributed by atoms with Gasteiger partial charge in [-0.1, -0.05) is 0 Å². The number of ketones is 1. The number of Topliss-reactive ketones (excluding diaryl/α,β-unsaturated/α-hetero) is 1. The highest BCUT2D eigenvalue weighted by atomic mass is 32.1. The summed E-state index contributed by atoms with van der Waals surface area (Å²) in [5.41, 5.74) is -2.52. The Morgan fingerprint density at radius 3 is 2.00 bits per heavy atom. The molecular weight excluding hydrogens is 270 g/mol. The number of hydrogen-bond donors (Lipinski definition) is 4. The van der Waals surface area contributed by atoms with E-state index >= 15 is 0 Å². The summed E-state index contributed by atoms with van der Waals surface area (Å²) in [6, 6.07) is 0. The summed E-state index contributed by atoms with van der Waals surface area (Å²) < 4.78 is 27.9. The van der Waals surface area contributed by atoms with Gasteiger partial charge in [-0.2, -0.15) is 25.3 Å². The highest BCUT2D eigenvalue weighted by molar-refractivity contribution is 7.80. The van der Waals surface area contributed by atoms with Crippen molar-refractivity contribution in [3.63, 3.8) is 0 Å². The molecule has 0 rings (SSSR count). The fraction of sp³-hybridized carbons (Fsp3) is 0.778. The van der Waals surface area contributed by atoms with E-state index in [0.717, 1.165) is 0 Å². The van der Waals surface area contributed by atoms with E-state index in [2.05, 4.69) is 35.9 Å². The number of rotatable bonds is 7. The van der Waals surface area contributed by atoms with Gasteiger partial charge in [0.15, 0.2) is 5.78 Å². The van der Waals surface area contributed by atoms with Crippen molar-refractivity contribution in [3.8, 4) is 0 Å². The molecule has 0 spiro atoms. The predicted molar refractivity (Wildman–Crippen MR) is 68.1 cm³/mol. The van der Waals surface area contributed by atoms with Gasteiger partial charge >= 0.3 is 0 Å². The molecule has 0 aliphatic heterocycles. The highest BCUT2D eigenvalue weighted by Gasteiger charge is 2.45. The molecule has 0 aromatic carbocycles. The average Bonchev–Trinajstić information content (AvgIpc) is 2.36. The number of hydrogen-bond acceptors (Lipinski definition) is 5. The van der Waals surface area contributed by atoms with Crippen LogP contribution >= 0.6 is 25.3 Å². The van der Waals surface area contributed by atoms with Gasteiger partial charge in [-0.05, 0) is 7.05 Å². The minimum atomic E-state index is -2.52. The van der Waals surface area contributed by atoms with Crippen molar-refractivity contribution >= 4 is 36.9 Å². The standard InChI is InChI=1S/C9H16F2N2O2S2/c1-12-7(15)8(10,4-16)3-6(14)9(11,5-17)13-2/h13,16-17H,3-5H2,1-2H3,(H,12,15)/t8-,9+/m0/s1. The van der Waals surface area contributed by atoms with Crippen molar-refractivity contribution in [2.45, 2.75) is 17.9 Å². The molecule has 0 aliphatic carbocycles. The van der Waals surface area contributed by atoms with Crippen molar-refractivity contribution in [2.24, 2.45) is 0 Å². The van der Waals surface area contributed by atoms with Crippen LogP contribution in [0.2, 0.25) is 0 Å². The Labute approximate surface area is 110 Å². The lowest BCUT2D eigenvalue weighted by Crippen LogP contribution is -2.53. The molecule has 0 heterocycles. The number of amides is 1. The SMILES string of the molecule is CNC(=O)[C@@](F)(CS)CC(=O)[C@@](F)(CS)NC. The fourth-order valence-electron chi connectivity index (χ4n) is 1.13. The lowest BCUT2D eigenvalue weighted by atomic mass is 9.96. The molecule has 1 amide bonds. The third kappa shape index (κ3) is 3.82. The Hall–Kier alpha value is -0.340. The lowest BCUT2D eigenvalue weighted by Gasteiger charge is -2.26. The van der Waals surface area contributed by atoms with Crippen LogP contribution in [0.4, 0.5) is 8.78 Å². The number of halogens is 2. The number of thiol groups is 2. The average molecular weight is 286 g/mol. The smallest absolute Gasteiger partial charge is 0.258 e. The zero-order valence-corrected chi connectivity index (χ0v) is 11.4. The molecule has 0 aromatic rings. The normalized spacial score (nSPS) is 18.0. The minimum absolute atomic E-state index is 0.446. The molecule has 0 saturated heterocycles. The van der Waals surface area contributed by atoms with Crippen molar-refractivity contribution in [1.29, 1.82) is 0 Å². The van der Waals surface area contributed by atoms with Crippen molar-refractivity contribution in [3.05, 3.63) is 0 Å². The van der Waals surface area contributed by atoms with Crippen LogP contribution in [0.15, 0.2) is 0 Å². The monoisotopic (exact) mass is 286 g/mol. The Morgan fingerprint density at radius 2 is 1.71 bits per heavy atom. The molecule has 2 atom stereocenters. The van der Waals surface area contributed by atoms with Gasteiger partial charge in [0.1, 0.15) is 0 Å². The maximum Gasteiger partial charge on any atom is 0.258 e. The zero-order chi connectivity index (χ0) is 13.7. The van der Waals surface area contributed by atoms with Gasteiger partial charge < -0.3 is 5.32 Å². The molecule has 0 aliphatic rings. The second-order valence-electron chi connectivity index (χ2n) is 3.51. The van der Waals surface area contributed by atoms with Crippen LogP contribution in [0.1, 0.15) is 6.42 Å². The largest absolute Gasteiger partial charge is 0.356 e. The second-order valence-corrected chi connectivity index (χ2v) is 4.14. The molecule has 4 nitrogen and oxygen atoms in total. The van der Waals surface area contributed by atoms with Gasteiger partial charge in [0.25, 0.3) is 5.91 Å². The first-order valence-electron chi connectivity index (χ1n) is 4.83. The number of nitrogens with one attached hydrogen (secondary N) is 2. The molecule has 100 valence electrons. The van der Waals surface area contributed by atoms with E-state index in [1.54, 1.807) is 0 Å². The molecule has 0 unspecified atom stereocenters. The van der Waals surface area contributed by atoms with Gasteiger partial charge in [-0.25, -0.2) is 8.78 Å². The van der Waals surface area contributed by atoms with E-state index in [1.807, 2.05) is 0 Å². The van der Waals surface area contributed by atoms with E-state index in [9.17, 15) is 18.4 Å². The van der Waals surface area contributed by atoms with E-state index in [4.69, 9.17) is 0 Å². The molecule has 2 N–H and O–H groups in total. The fourth-order valence-corrected chi connectivity index (χ4v) is 1.72. The zero-order valence-electron chi connectivity index (χ0n) is 9.59. The van der Waals surface area contributed by atoms with Gasteiger partial charge in [-0.3, -0.25) is 14.9 Å². The third-order valence-electron chi connectivity index (χ3n) is 2.38. The summed E-state index contributed by atoms with van der Waals surface area (Å²) in [5.74, 6) is -5.48. The van der Waals surface area contributed by atoms with E-state index < -0.39 is 41.1 Å². The molecule has 0 bridgehead atoms. The van der Waals surface area contributed by atoms with Crippen LogP contribution in [-0.4, -0.2) is 48.8 Å². The molecule has 0 aromatic heterocycles. The first-order chi connectivity index (χ1) is 7.79. The molecule has 8 heteroatoms. The van der Waals surface area contributed by atoms with Crippen LogP contribution < -0.4 is 10.6 Å². The lowest BCUT2D eigenvalue weighted by molar-refractivity contribution is -0.140. The van der Waals surface area contributed by atoms with Crippen molar-refractivity contribution in [2.75, 3.05) is 25.6 Å². The van der Waals surface area contributed by atoms with Crippen LogP contribution in [0.3, 0.4) is 0 Å². The van der Waals surface area contributed by atoms with E-state index in [1.165, 1.54) is 14.1 Å². The van der Waals surface area contributed by atoms with Gasteiger partial charge in [0.05, 0.1) is 6.42 Å². The summed E-state index contributed by atoms with van der Waals surface area (Å²) in [6.07, 6.45) is -0.895. The number of likely N-dealkylation sites (N-methyl/N-ethyl adjacent to an activating group) is 1. The maximum atomic E-state index is 14.0. The number of carbonyl (C=O) groups is 2. The van der Waals surface area contributed by atoms with Crippen molar-refractivity contribution < 1.29 is 18.4 Å². The number of carbonyl (C=O) groups excluding carboxylic acids is 2. The van der Waals surface area contributed by atoms with Crippen LogP contribution in [-0.2, 0) is 9.59 Å². The first-order valence-corrected chi connectivity index (χ1v) is 6.10. The molecule has 17 heavy (non-hydrogen) atoms. The Kier molecular flexibility index (Phi) is 6.42. The van der Waals surface area contributed by atoms with Gasteiger partial charge in [-0.15, -0.1) is 0 Å². The summed E-state index contributed by atoms with van der Waals surface area (Å²) in [5, 5.41) is 4.19. The third-order valence-corrected chi connectivity index (χ3v) is 3.32. The highest BCUT2D eigenvalue weighted by Crippen LogP contribution is 2.24. The van der Waals surface area contributed by atoms with Crippen LogP contribution in [0.25, 0.3) is 0 Å². The second kappa shape index (κ2) is 6.55. The Morgan fingerprint density at radius 1 is 1.18 bits per heavy atom. The Bertz CT molecular complexity index is 301. The summed E-state index contributed by atoms with van der Waals surface area (Å²) >= 11 is 7.35. The van der Waals surface area contributed by atoms with Gasteiger partial charge in [0.2, 0.25) is 11.5 Å². The van der Waals surface area contributed by atoms with Gasteiger partial charge in [0, 0.05) is 18.6 Å². The summed E-state index contributed by atoms with van der Waals surface area (Å²) in [7, 11) is 2.44. The van der Waals surface area contributed by atoms with Crippen molar-refractivity contribution in [1.82, 2.24) is 10.6 Å². The minimum Gasteiger partial charge on any atom is -0.356 e. The van der Waals surface area contributed by atoms with E-state index in [-0.39, 0.29) is 0 Å². The Balaban J connectivity index is 4.92. The quantitative estimate of drug-likeness (QED) is 0.398. The van der Waals surface area contributed by atoms with Crippen LogP contribution in [0, 0.1) is 0 Å².